The van der Waals surface area contributed by atoms with Crippen molar-refractivity contribution in [3.63, 3.8) is 0 Å². The molecule has 1 unspecified atom stereocenters. The maximum atomic E-state index is 15.1. The van der Waals surface area contributed by atoms with Gasteiger partial charge in [0.2, 0.25) is 5.95 Å². The van der Waals surface area contributed by atoms with Crippen molar-refractivity contribution in [2.45, 2.75) is 18.9 Å². The Morgan fingerprint density at radius 1 is 1.12 bits per heavy atom. The van der Waals surface area contributed by atoms with E-state index in [1.54, 1.807) is 19.3 Å². The predicted octanol–water partition coefficient (Wildman–Crippen LogP) is 3.54. The number of hydrogen-bond acceptors (Lipinski definition) is 8. The zero-order chi connectivity index (χ0) is 22.8. The van der Waals surface area contributed by atoms with Gasteiger partial charge in [-0.3, -0.25) is 0 Å². The number of anilines is 2. The smallest absolute Gasteiger partial charge is 0.223 e. The summed E-state index contributed by atoms with van der Waals surface area (Å²) in [6, 6.07) is 3.07. The fraction of sp³-hybridized carbons (Fsp3) is 0.409. The first-order chi connectivity index (χ1) is 15.5. The minimum Gasteiger partial charge on any atom is -0.494 e. The van der Waals surface area contributed by atoms with Crippen LogP contribution in [0.25, 0.3) is 22.2 Å². The van der Waals surface area contributed by atoms with Gasteiger partial charge in [-0.25, -0.2) is 23.7 Å². The van der Waals surface area contributed by atoms with Crippen LogP contribution in [0.3, 0.4) is 0 Å². The maximum Gasteiger partial charge on any atom is 0.223 e. The van der Waals surface area contributed by atoms with Gasteiger partial charge in [-0.15, -0.1) is 0 Å². The molecule has 1 saturated heterocycles. The molecule has 0 radical (unpaired) electrons. The number of benzene rings is 1. The molecular formula is C22H26F2N6O2. The topological polar surface area (TPSA) is 84.4 Å². The van der Waals surface area contributed by atoms with E-state index >= 15 is 8.78 Å². The van der Waals surface area contributed by atoms with E-state index in [1.807, 2.05) is 0 Å². The van der Waals surface area contributed by atoms with E-state index in [-0.39, 0.29) is 22.8 Å². The van der Waals surface area contributed by atoms with Crippen molar-refractivity contribution in [1.29, 1.82) is 0 Å². The third-order valence-electron chi connectivity index (χ3n) is 5.80. The summed E-state index contributed by atoms with van der Waals surface area (Å²) in [6.07, 6.45) is 3.79. The lowest BCUT2D eigenvalue weighted by molar-refractivity contribution is 0.322. The molecule has 0 bridgehead atoms. The van der Waals surface area contributed by atoms with Crippen LogP contribution in [0.4, 0.5) is 20.5 Å². The van der Waals surface area contributed by atoms with Gasteiger partial charge in [0.25, 0.3) is 0 Å². The first kappa shape index (κ1) is 21.9. The zero-order valence-electron chi connectivity index (χ0n) is 18.5. The first-order valence-corrected chi connectivity index (χ1v) is 10.4. The summed E-state index contributed by atoms with van der Waals surface area (Å²) in [4.78, 5) is 15.6. The van der Waals surface area contributed by atoms with E-state index in [1.165, 1.54) is 20.3 Å². The highest BCUT2D eigenvalue weighted by molar-refractivity contribution is 5.92. The molecule has 8 nitrogen and oxygen atoms in total. The van der Waals surface area contributed by atoms with Gasteiger partial charge in [0, 0.05) is 37.3 Å². The quantitative estimate of drug-likeness (QED) is 0.573. The summed E-state index contributed by atoms with van der Waals surface area (Å²) in [7, 11) is 6.42. The molecule has 1 aromatic carbocycles. The molecule has 0 aliphatic carbocycles. The van der Waals surface area contributed by atoms with Gasteiger partial charge in [-0.1, -0.05) is 0 Å². The Labute approximate surface area is 185 Å². The van der Waals surface area contributed by atoms with Crippen LogP contribution in [0.1, 0.15) is 12.8 Å². The number of ether oxygens (including phenoxy) is 2. The molecule has 3 aromatic rings. The molecule has 3 heterocycles. The summed E-state index contributed by atoms with van der Waals surface area (Å²) in [5, 5.41) is 6.84. The normalized spacial score (nSPS) is 16.4. The van der Waals surface area contributed by atoms with Crippen LogP contribution in [-0.2, 0) is 0 Å². The number of likely N-dealkylation sites (tertiary alicyclic amines) is 1. The number of fused-ring (bicyclic) bond motifs is 1. The second-order valence-corrected chi connectivity index (χ2v) is 7.68. The van der Waals surface area contributed by atoms with Gasteiger partial charge in [0.1, 0.15) is 5.52 Å². The Morgan fingerprint density at radius 2 is 1.84 bits per heavy atom. The molecule has 2 N–H and O–H groups in total. The SMILES string of the molecule is CNc1ncc2cc(-c3c(F)c(OC)cc(OC)c3F)nc(NCC3CCCN3C)c2n1. The Kier molecular flexibility index (Phi) is 6.22. The molecule has 32 heavy (non-hydrogen) atoms. The van der Waals surface area contributed by atoms with Crippen LogP contribution in [0.5, 0.6) is 11.5 Å². The molecular weight excluding hydrogens is 418 g/mol. The molecule has 1 aliphatic heterocycles. The lowest BCUT2D eigenvalue weighted by Crippen LogP contribution is -2.31. The Bertz CT molecular complexity index is 1120. The first-order valence-electron chi connectivity index (χ1n) is 10.4. The van der Waals surface area contributed by atoms with Crippen molar-refractivity contribution in [3.05, 3.63) is 30.0 Å². The molecule has 1 fully saturated rings. The zero-order valence-corrected chi connectivity index (χ0v) is 18.5. The highest BCUT2D eigenvalue weighted by Gasteiger charge is 2.25. The van der Waals surface area contributed by atoms with Gasteiger partial charge in [0.05, 0.1) is 25.5 Å². The van der Waals surface area contributed by atoms with Crippen molar-refractivity contribution in [1.82, 2.24) is 19.9 Å². The Hall–Kier alpha value is -3.27. The molecule has 1 aliphatic rings. The fourth-order valence-electron chi connectivity index (χ4n) is 3.97. The number of likely N-dealkylation sites (N-methyl/N-ethyl adjacent to an activating group) is 1. The molecule has 0 amide bonds. The number of nitrogens with zero attached hydrogens (tertiary/aromatic N) is 4. The van der Waals surface area contributed by atoms with Crippen LogP contribution in [0.15, 0.2) is 18.3 Å². The predicted molar refractivity (Wildman–Crippen MR) is 119 cm³/mol. The standard InChI is InChI=1S/C22H26F2N6O2/c1-25-22-27-10-12-8-14(17-18(23)15(31-3)9-16(32-4)19(17)24)28-21(20(12)29-22)26-11-13-6-5-7-30(13)2/h8-10,13H,5-7,11H2,1-4H3,(H,26,28)(H,25,27,29). The van der Waals surface area contributed by atoms with E-state index in [0.717, 1.165) is 19.4 Å². The third kappa shape index (κ3) is 3.97. The number of nitrogens with one attached hydrogen (secondary N) is 2. The number of pyridine rings is 1. The lowest BCUT2D eigenvalue weighted by atomic mass is 10.1. The minimum atomic E-state index is -0.855. The minimum absolute atomic E-state index is 0.0905. The van der Waals surface area contributed by atoms with Crippen LogP contribution in [0.2, 0.25) is 0 Å². The second-order valence-electron chi connectivity index (χ2n) is 7.68. The summed E-state index contributed by atoms with van der Waals surface area (Å²) in [5.74, 6) is -1.13. The van der Waals surface area contributed by atoms with Crippen molar-refractivity contribution >= 4 is 22.7 Å². The number of halogens is 2. The molecule has 0 saturated carbocycles. The summed E-state index contributed by atoms with van der Waals surface area (Å²) in [6.45, 7) is 1.67. The number of methoxy groups -OCH3 is 2. The van der Waals surface area contributed by atoms with Gasteiger partial charge < -0.3 is 25.0 Å². The fourth-order valence-corrected chi connectivity index (χ4v) is 3.97. The Morgan fingerprint density at radius 3 is 2.44 bits per heavy atom. The Balaban J connectivity index is 1.86. The van der Waals surface area contributed by atoms with Crippen LogP contribution in [-0.4, -0.2) is 67.3 Å². The third-order valence-corrected chi connectivity index (χ3v) is 5.80. The number of rotatable bonds is 7. The monoisotopic (exact) mass is 444 g/mol. The van der Waals surface area contributed by atoms with Gasteiger partial charge >= 0.3 is 0 Å². The van der Waals surface area contributed by atoms with Crippen molar-refractivity contribution in [3.8, 4) is 22.8 Å². The van der Waals surface area contributed by atoms with Crippen LogP contribution < -0.4 is 20.1 Å². The summed E-state index contributed by atoms with van der Waals surface area (Å²) < 4.78 is 40.4. The average Bonchev–Trinajstić information content (AvgIpc) is 3.22. The van der Waals surface area contributed by atoms with Crippen molar-refractivity contribution in [2.75, 3.05) is 52.0 Å². The molecule has 1 atom stereocenters. The molecule has 2 aromatic heterocycles. The maximum absolute atomic E-state index is 15.1. The molecule has 10 heteroatoms. The second kappa shape index (κ2) is 9.07. The van der Waals surface area contributed by atoms with E-state index in [4.69, 9.17) is 9.47 Å². The number of aromatic nitrogens is 3. The lowest BCUT2D eigenvalue weighted by Gasteiger charge is -2.21. The van der Waals surface area contributed by atoms with Crippen molar-refractivity contribution < 1.29 is 18.3 Å². The molecule has 0 spiro atoms. The van der Waals surface area contributed by atoms with E-state index < -0.39 is 11.6 Å². The summed E-state index contributed by atoms with van der Waals surface area (Å²) in [5.41, 5.74) is 0.319. The molecule has 170 valence electrons. The van der Waals surface area contributed by atoms with Gasteiger partial charge in [-0.2, -0.15) is 0 Å². The average molecular weight is 444 g/mol. The van der Waals surface area contributed by atoms with Gasteiger partial charge in [0.15, 0.2) is 29.0 Å². The number of hydrogen-bond donors (Lipinski definition) is 2. The highest BCUT2D eigenvalue weighted by atomic mass is 19.1. The molecule has 4 rings (SSSR count). The van der Waals surface area contributed by atoms with E-state index in [2.05, 4.69) is 37.5 Å². The van der Waals surface area contributed by atoms with Gasteiger partial charge in [-0.05, 0) is 32.5 Å². The summed E-state index contributed by atoms with van der Waals surface area (Å²) >= 11 is 0. The van der Waals surface area contributed by atoms with E-state index in [0.29, 0.717) is 35.3 Å². The largest absolute Gasteiger partial charge is 0.494 e. The highest BCUT2D eigenvalue weighted by Crippen LogP contribution is 2.38. The van der Waals surface area contributed by atoms with Crippen molar-refractivity contribution in [2.24, 2.45) is 0 Å². The van der Waals surface area contributed by atoms with Crippen LogP contribution in [0, 0.1) is 11.6 Å². The van der Waals surface area contributed by atoms with E-state index in [9.17, 15) is 0 Å². The van der Waals surface area contributed by atoms with Crippen LogP contribution >= 0.6 is 0 Å².